The van der Waals surface area contributed by atoms with E-state index < -0.39 is 17.5 Å². The third-order valence-electron chi connectivity index (χ3n) is 2.42. The molecule has 0 aliphatic rings. The molecule has 0 aliphatic carbocycles. The molecule has 2 nitrogen and oxygen atoms in total. The molecular formula is C13H6BrCl2F2NO. The summed E-state index contributed by atoms with van der Waals surface area (Å²) >= 11 is 14.5. The Morgan fingerprint density at radius 2 is 1.85 bits per heavy atom. The van der Waals surface area contributed by atoms with Crippen LogP contribution in [0.4, 0.5) is 14.5 Å². The van der Waals surface area contributed by atoms with Crippen LogP contribution in [0.15, 0.2) is 34.8 Å². The van der Waals surface area contributed by atoms with Crippen LogP contribution in [0.1, 0.15) is 10.4 Å². The summed E-state index contributed by atoms with van der Waals surface area (Å²) in [5, 5.41) is 2.60. The zero-order valence-corrected chi connectivity index (χ0v) is 12.8. The molecule has 2 aromatic carbocycles. The molecule has 1 N–H and O–H groups in total. The fraction of sp³-hybridized carbons (Fsp3) is 0. The molecule has 20 heavy (non-hydrogen) atoms. The molecule has 0 unspecified atom stereocenters. The van der Waals surface area contributed by atoms with E-state index in [2.05, 4.69) is 21.2 Å². The highest BCUT2D eigenvalue weighted by Gasteiger charge is 2.16. The molecule has 2 aromatic rings. The van der Waals surface area contributed by atoms with Gasteiger partial charge in [-0.25, -0.2) is 8.78 Å². The second-order valence-corrected chi connectivity index (χ2v) is 5.52. The number of hydrogen-bond donors (Lipinski definition) is 1. The van der Waals surface area contributed by atoms with Gasteiger partial charge in [-0.2, -0.15) is 0 Å². The molecule has 0 fully saturated rings. The average molecular weight is 381 g/mol. The van der Waals surface area contributed by atoms with E-state index in [1.54, 1.807) is 0 Å². The van der Waals surface area contributed by atoms with E-state index in [9.17, 15) is 13.6 Å². The molecule has 0 radical (unpaired) electrons. The van der Waals surface area contributed by atoms with E-state index in [-0.39, 0.29) is 25.8 Å². The van der Waals surface area contributed by atoms with E-state index in [0.29, 0.717) is 0 Å². The van der Waals surface area contributed by atoms with Crippen molar-refractivity contribution in [1.29, 1.82) is 0 Å². The molecule has 0 aliphatic heterocycles. The highest BCUT2D eigenvalue weighted by atomic mass is 79.9. The first-order valence-electron chi connectivity index (χ1n) is 5.29. The summed E-state index contributed by atoms with van der Waals surface area (Å²) in [6.45, 7) is 0. The molecule has 0 aromatic heterocycles. The molecule has 0 saturated heterocycles. The Bertz CT molecular complexity index is 671. The van der Waals surface area contributed by atoms with Gasteiger partial charge in [-0.05, 0) is 46.3 Å². The van der Waals surface area contributed by atoms with Crippen LogP contribution in [0.2, 0.25) is 10.0 Å². The first kappa shape index (κ1) is 15.2. The number of carbonyl (C=O) groups excluding carboxylic acids is 1. The van der Waals surface area contributed by atoms with Crippen LogP contribution < -0.4 is 5.32 Å². The first-order chi connectivity index (χ1) is 9.38. The predicted octanol–water partition coefficient (Wildman–Crippen LogP) is 5.29. The van der Waals surface area contributed by atoms with E-state index >= 15 is 0 Å². The Kier molecular flexibility index (Phi) is 4.62. The fourth-order valence-electron chi connectivity index (χ4n) is 1.52. The van der Waals surface area contributed by atoms with Gasteiger partial charge in [0, 0.05) is 9.50 Å². The van der Waals surface area contributed by atoms with Crippen molar-refractivity contribution < 1.29 is 13.6 Å². The molecule has 1 amide bonds. The van der Waals surface area contributed by atoms with Crippen LogP contribution in [-0.2, 0) is 0 Å². The lowest BCUT2D eigenvalue weighted by atomic mass is 10.2. The van der Waals surface area contributed by atoms with Gasteiger partial charge < -0.3 is 5.32 Å². The predicted molar refractivity (Wildman–Crippen MR) is 78.5 cm³/mol. The molecule has 0 atom stereocenters. The lowest BCUT2D eigenvalue weighted by molar-refractivity contribution is 0.102. The number of amides is 1. The van der Waals surface area contributed by atoms with E-state index in [4.69, 9.17) is 23.2 Å². The number of nitrogens with one attached hydrogen (secondary N) is 1. The number of anilines is 1. The molecule has 7 heteroatoms. The number of benzene rings is 2. The van der Waals surface area contributed by atoms with Crippen molar-refractivity contribution in [1.82, 2.24) is 0 Å². The summed E-state index contributed by atoms with van der Waals surface area (Å²) in [6.07, 6.45) is 0. The van der Waals surface area contributed by atoms with E-state index in [0.717, 1.165) is 18.2 Å². The number of hydrogen-bond acceptors (Lipinski definition) is 1. The summed E-state index contributed by atoms with van der Waals surface area (Å²) in [6, 6.07) is 5.84. The minimum absolute atomic E-state index is 0.000373. The maximum atomic E-state index is 13.6. The van der Waals surface area contributed by atoms with Crippen LogP contribution in [0, 0.1) is 11.6 Å². The van der Waals surface area contributed by atoms with Crippen molar-refractivity contribution >= 4 is 50.7 Å². The second-order valence-electron chi connectivity index (χ2n) is 3.82. The third-order valence-corrected chi connectivity index (χ3v) is 3.58. The molecule has 104 valence electrons. The SMILES string of the molecule is O=C(Nc1c(Cl)cc(F)cc1Br)c1ccc(Cl)cc1F. The fourth-order valence-corrected chi connectivity index (χ4v) is 2.57. The minimum atomic E-state index is -0.760. The minimum Gasteiger partial charge on any atom is -0.320 e. The first-order valence-corrected chi connectivity index (χ1v) is 6.84. The van der Waals surface area contributed by atoms with Crippen molar-refractivity contribution in [3.63, 3.8) is 0 Å². The highest BCUT2D eigenvalue weighted by molar-refractivity contribution is 9.10. The normalized spacial score (nSPS) is 10.4. The van der Waals surface area contributed by atoms with Gasteiger partial charge in [-0.15, -0.1) is 0 Å². The van der Waals surface area contributed by atoms with Gasteiger partial charge in [-0.1, -0.05) is 23.2 Å². The lowest BCUT2D eigenvalue weighted by Crippen LogP contribution is -2.14. The molecule has 0 saturated carbocycles. The summed E-state index contributed by atoms with van der Waals surface area (Å²) in [5.74, 6) is -2.03. The lowest BCUT2D eigenvalue weighted by Gasteiger charge is -2.10. The Morgan fingerprint density at radius 1 is 1.15 bits per heavy atom. The maximum absolute atomic E-state index is 13.6. The molecule has 2 rings (SSSR count). The second kappa shape index (κ2) is 6.08. The number of carbonyl (C=O) groups is 1. The van der Waals surface area contributed by atoms with E-state index in [1.807, 2.05) is 0 Å². The Morgan fingerprint density at radius 3 is 2.45 bits per heavy atom. The van der Waals surface area contributed by atoms with Crippen molar-refractivity contribution in [2.45, 2.75) is 0 Å². The van der Waals surface area contributed by atoms with Gasteiger partial charge in [0.2, 0.25) is 0 Å². The van der Waals surface area contributed by atoms with Gasteiger partial charge in [0.05, 0.1) is 16.3 Å². The Balaban J connectivity index is 2.33. The Hall–Kier alpha value is -1.17. The van der Waals surface area contributed by atoms with Crippen molar-refractivity contribution in [2.75, 3.05) is 5.32 Å². The van der Waals surface area contributed by atoms with Crippen LogP contribution in [0.5, 0.6) is 0 Å². The van der Waals surface area contributed by atoms with Crippen LogP contribution >= 0.6 is 39.1 Å². The molecule has 0 spiro atoms. The third kappa shape index (κ3) is 3.29. The quantitative estimate of drug-likeness (QED) is 0.753. The van der Waals surface area contributed by atoms with Gasteiger partial charge in [0.15, 0.2) is 0 Å². The van der Waals surface area contributed by atoms with Gasteiger partial charge >= 0.3 is 0 Å². The maximum Gasteiger partial charge on any atom is 0.258 e. The summed E-state index contributed by atoms with van der Waals surface area (Å²) < 4.78 is 26.9. The molecule has 0 bridgehead atoms. The van der Waals surface area contributed by atoms with Gasteiger partial charge in [-0.3, -0.25) is 4.79 Å². The van der Waals surface area contributed by atoms with Crippen LogP contribution in [0.3, 0.4) is 0 Å². The summed E-state index contributed by atoms with van der Waals surface area (Å²) in [7, 11) is 0. The van der Waals surface area contributed by atoms with Crippen molar-refractivity contribution in [3.8, 4) is 0 Å². The van der Waals surface area contributed by atoms with Gasteiger partial charge in [0.1, 0.15) is 11.6 Å². The number of halogens is 5. The molecular weight excluding hydrogens is 375 g/mol. The molecule has 0 heterocycles. The van der Waals surface area contributed by atoms with E-state index in [1.165, 1.54) is 12.1 Å². The zero-order valence-electron chi connectivity index (χ0n) is 9.68. The van der Waals surface area contributed by atoms with Crippen molar-refractivity contribution in [3.05, 3.63) is 62.0 Å². The highest BCUT2D eigenvalue weighted by Crippen LogP contribution is 2.32. The largest absolute Gasteiger partial charge is 0.320 e. The summed E-state index contributed by atoms with van der Waals surface area (Å²) in [5.41, 5.74) is -0.0332. The average Bonchev–Trinajstić information content (AvgIpc) is 2.33. The van der Waals surface area contributed by atoms with Crippen molar-refractivity contribution in [2.24, 2.45) is 0 Å². The van der Waals surface area contributed by atoms with Crippen LogP contribution in [0.25, 0.3) is 0 Å². The Labute approximate surface area is 131 Å². The van der Waals surface area contributed by atoms with Crippen LogP contribution in [-0.4, -0.2) is 5.91 Å². The smallest absolute Gasteiger partial charge is 0.258 e. The monoisotopic (exact) mass is 379 g/mol. The summed E-state index contributed by atoms with van der Waals surface area (Å²) in [4.78, 5) is 12.0. The standard InChI is InChI=1S/C13H6BrCl2F2NO/c14-9-4-7(17)5-10(16)12(9)19-13(20)8-2-1-6(15)3-11(8)18/h1-5H,(H,19,20). The number of rotatable bonds is 2. The zero-order chi connectivity index (χ0) is 14.9. The topological polar surface area (TPSA) is 29.1 Å². The van der Waals surface area contributed by atoms with Gasteiger partial charge in [0.25, 0.3) is 5.91 Å².